The molecule has 0 aliphatic carbocycles. The van der Waals surface area contributed by atoms with E-state index in [4.69, 9.17) is 9.26 Å². The molecule has 0 amide bonds. The molecule has 3 aromatic heterocycles. The first-order valence-electron chi connectivity index (χ1n) is 10.6. The number of carbonyl (C=O) groups is 1. The topological polar surface area (TPSA) is 95.9 Å². The number of nitrogens with zero attached hydrogens (tertiary/aromatic N) is 5. The van der Waals surface area contributed by atoms with Crippen LogP contribution in [0.25, 0.3) is 11.0 Å². The number of hydrogen-bond acceptors (Lipinski definition) is 7. The second-order valence-corrected chi connectivity index (χ2v) is 9.17. The van der Waals surface area contributed by atoms with E-state index in [-0.39, 0.29) is 23.7 Å². The molecule has 0 atom stereocenters. The number of aromatic nitrogens is 5. The molecular formula is C24H27N5O3. The molecule has 4 rings (SSSR count). The highest BCUT2D eigenvalue weighted by Crippen LogP contribution is 2.28. The van der Waals surface area contributed by atoms with Crippen molar-refractivity contribution in [3.63, 3.8) is 0 Å². The second kappa shape index (κ2) is 8.53. The molecule has 3 heterocycles. The molecule has 0 saturated heterocycles. The van der Waals surface area contributed by atoms with Crippen LogP contribution >= 0.6 is 0 Å². The Morgan fingerprint density at radius 3 is 2.53 bits per heavy atom. The van der Waals surface area contributed by atoms with Crippen molar-refractivity contribution in [3.05, 3.63) is 59.9 Å². The highest BCUT2D eigenvalue weighted by Gasteiger charge is 2.20. The predicted molar refractivity (Wildman–Crippen MR) is 120 cm³/mol. The zero-order valence-electron chi connectivity index (χ0n) is 19.0. The Morgan fingerprint density at radius 2 is 1.88 bits per heavy atom. The van der Waals surface area contributed by atoms with E-state index in [1.807, 2.05) is 69.6 Å². The summed E-state index contributed by atoms with van der Waals surface area (Å²) in [5.41, 5.74) is 2.17. The minimum Gasteiger partial charge on any atom is -0.438 e. The molecule has 8 nitrogen and oxygen atoms in total. The monoisotopic (exact) mass is 433 g/mol. The van der Waals surface area contributed by atoms with Crippen LogP contribution in [0.4, 0.5) is 0 Å². The number of Topliss-reactive ketones (excluding diaryl/α,β-unsaturated/α-hetero) is 1. The lowest BCUT2D eigenvalue weighted by Gasteiger charge is -2.12. The van der Waals surface area contributed by atoms with Crippen molar-refractivity contribution >= 4 is 16.8 Å². The number of hydrogen-bond donors (Lipinski definition) is 0. The summed E-state index contributed by atoms with van der Waals surface area (Å²) in [5.74, 6) is 1.93. The first-order chi connectivity index (χ1) is 15.2. The summed E-state index contributed by atoms with van der Waals surface area (Å²) in [6.45, 7) is 10.2. The largest absolute Gasteiger partial charge is 0.438 e. The maximum atomic E-state index is 12.5. The van der Waals surface area contributed by atoms with Gasteiger partial charge in [0, 0.05) is 23.9 Å². The molecule has 0 aliphatic rings. The molecule has 0 unspecified atom stereocenters. The van der Waals surface area contributed by atoms with E-state index < -0.39 is 0 Å². The average molecular weight is 434 g/mol. The minimum atomic E-state index is -0.132. The van der Waals surface area contributed by atoms with Crippen LogP contribution in [0.15, 0.2) is 47.4 Å². The van der Waals surface area contributed by atoms with Crippen molar-refractivity contribution in [2.24, 2.45) is 0 Å². The molecule has 0 spiro atoms. The van der Waals surface area contributed by atoms with Gasteiger partial charge in [0.1, 0.15) is 29.0 Å². The average Bonchev–Trinajstić information content (AvgIpc) is 3.37. The molecule has 1 aromatic carbocycles. The van der Waals surface area contributed by atoms with E-state index >= 15 is 0 Å². The van der Waals surface area contributed by atoms with Crippen LogP contribution in [0.5, 0.6) is 11.6 Å². The van der Waals surface area contributed by atoms with Gasteiger partial charge >= 0.3 is 0 Å². The summed E-state index contributed by atoms with van der Waals surface area (Å²) in [6, 6.07) is 9.47. The minimum absolute atomic E-state index is 0.0750. The van der Waals surface area contributed by atoms with E-state index in [9.17, 15) is 4.79 Å². The van der Waals surface area contributed by atoms with Gasteiger partial charge in [0.05, 0.1) is 18.3 Å². The lowest BCUT2D eigenvalue weighted by atomic mass is 9.93. The number of benzene rings is 1. The molecule has 0 radical (unpaired) electrons. The number of ether oxygens (including phenoxy) is 1. The molecule has 0 fully saturated rings. The third-order valence-corrected chi connectivity index (χ3v) is 5.06. The van der Waals surface area contributed by atoms with Gasteiger partial charge in [0.2, 0.25) is 5.88 Å². The first-order valence-corrected chi connectivity index (χ1v) is 10.6. The highest BCUT2D eigenvalue weighted by molar-refractivity contribution is 5.83. The second-order valence-electron chi connectivity index (χ2n) is 9.17. The summed E-state index contributed by atoms with van der Waals surface area (Å²) in [5, 5.41) is 9.16. The number of carbonyl (C=O) groups excluding carboxylic acids is 1. The molecule has 8 heteroatoms. The first kappa shape index (κ1) is 21.7. The van der Waals surface area contributed by atoms with Gasteiger partial charge in [-0.2, -0.15) is 5.10 Å². The fraction of sp³-hybridized carbons (Fsp3) is 0.375. The van der Waals surface area contributed by atoms with Crippen molar-refractivity contribution in [2.45, 2.75) is 58.9 Å². The van der Waals surface area contributed by atoms with Crippen molar-refractivity contribution in [1.29, 1.82) is 0 Å². The normalized spacial score (nSPS) is 11.9. The zero-order chi connectivity index (χ0) is 22.9. The molecule has 0 aliphatic heterocycles. The number of ketones is 1. The van der Waals surface area contributed by atoms with Crippen LogP contribution in [0.1, 0.15) is 57.7 Å². The van der Waals surface area contributed by atoms with Crippen LogP contribution in [0, 0.1) is 0 Å². The Balaban J connectivity index is 1.41. The van der Waals surface area contributed by atoms with Crippen LogP contribution in [0.2, 0.25) is 0 Å². The molecule has 32 heavy (non-hydrogen) atoms. The van der Waals surface area contributed by atoms with Crippen molar-refractivity contribution < 1.29 is 14.1 Å². The SMILES string of the molecule is CC(C)n1ncc2c(Oc3ccc(CC(=O)Cc4cc(C(C)(C)C)on4)cc3)ncnc21. The number of rotatable bonds is 7. The van der Waals surface area contributed by atoms with E-state index in [0.29, 0.717) is 23.7 Å². The van der Waals surface area contributed by atoms with E-state index in [2.05, 4.69) is 20.2 Å². The van der Waals surface area contributed by atoms with Gasteiger partial charge in [-0.3, -0.25) is 4.79 Å². The predicted octanol–water partition coefficient (Wildman–Crippen LogP) is 4.84. The quantitative estimate of drug-likeness (QED) is 0.411. The summed E-state index contributed by atoms with van der Waals surface area (Å²) in [7, 11) is 0. The Hall–Kier alpha value is -3.55. The summed E-state index contributed by atoms with van der Waals surface area (Å²) in [6.07, 6.45) is 3.75. The standard InChI is InChI=1S/C24H27N5O3/c1-15(2)29-22-20(13-27-29)23(26-14-25-22)31-19-8-6-16(7-9-19)10-18(30)11-17-12-21(32-28-17)24(3,4)5/h6-9,12-15H,10-11H2,1-5H3. The van der Waals surface area contributed by atoms with Crippen molar-refractivity contribution in [1.82, 2.24) is 24.9 Å². The Kier molecular flexibility index (Phi) is 5.78. The van der Waals surface area contributed by atoms with Gasteiger partial charge in [0.15, 0.2) is 5.65 Å². The van der Waals surface area contributed by atoms with Crippen LogP contribution in [0.3, 0.4) is 0 Å². The molecule has 0 bridgehead atoms. The van der Waals surface area contributed by atoms with Gasteiger partial charge < -0.3 is 9.26 Å². The van der Waals surface area contributed by atoms with Gasteiger partial charge in [-0.05, 0) is 31.5 Å². The third-order valence-electron chi connectivity index (χ3n) is 5.06. The third kappa shape index (κ3) is 4.69. The maximum Gasteiger partial charge on any atom is 0.233 e. The Morgan fingerprint density at radius 1 is 1.12 bits per heavy atom. The fourth-order valence-electron chi connectivity index (χ4n) is 3.33. The van der Waals surface area contributed by atoms with Gasteiger partial charge in [-0.15, -0.1) is 0 Å². The van der Waals surface area contributed by atoms with E-state index in [0.717, 1.165) is 22.4 Å². The van der Waals surface area contributed by atoms with Gasteiger partial charge in [0.25, 0.3) is 0 Å². The fourth-order valence-corrected chi connectivity index (χ4v) is 3.33. The van der Waals surface area contributed by atoms with E-state index in [1.165, 1.54) is 6.33 Å². The number of fused-ring (bicyclic) bond motifs is 1. The summed E-state index contributed by atoms with van der Waals surface area (Å²) >= 11 is 0. The summed E-state index contributed by atoms with van der Waals surface area (Å²) in [4.78, 5) is 21.1. The molecular weight excluding hydrogens is 406 g/mol. The van der Waals surface area contributed by atoms with Crippen molar-refractivity contribution in [2.75, 3.05) is 0 Å². The highest BCUT2D eigenvalue weighted by atomic mass is 16.5. The van der Waals surface area contributed by atoms with Crippen LogP contribution in [-0.4, -0.2) is 30.7 Å². The van der Waals surface area contributed by atoms with Gasteiger partial charge in [-0.1, -0.05) is 38.1 Å². The molecule has 0 N–H and O–H groups in total. The Bertz CT molecular complexity index is 1230. The lowest BCUT2D eigenvalue weighted by molar-refractivity contribution is -0.117. The molecule has 0 saturated carbocycles. The smallest absolute Gasteiger partial charge is 0.233 e. The molecule has 166 valence electrons. The molecule has 4 aromatic rings. The maximum absolute atomic E-state index is 12.5. The van der Waals surface area contributed by atoms with E-state index in [1.54, 1.807) is 6.20 Å². The van der Waals surface area contributed by atoms with Gasteiger partial charge in [-0.25, -0.2) is 14.6 Å². The van der Waals surface area contributed by atoms with Crippen LogP contribution in [-0.2, 0) is 23.1 Å². The lowest BCUT2D eigenvalue weighted by Crippen LogP contribution is -2.09. The summed E-state index contributed by atoms with van der Waals surface area (Å²) < 4.78 is 13.2. The van der Waals surface area contributed by atoms with Crippen LogP contribution < -0.4 is 4.74 Å². The Labute approximate surface area is 186 Å². The van der Waals surface area contributed by atoms with Crippen molar-refractivity contribution in [3.8, 4) is 11.6 Å². The zero-order valence-corrected chi connectivity index (χ0v) is 19.0.